The van der Waals surface area contributed by atoms with E-state index in [4.69, 9.17) is 15.6 Å². The van der Waals surface area contributed by atoms with Crippen molar-refractivity contribution in [1.29, 1.82) is 0 Å². The molecule has 0 radical (unpaired) electrons. The first-order valence-electron chi connectivity index (χ1n) is 7.06. The van der Waals surface area contributed by atoms with Gasteiger partial charge in [0.15, 0.2) is 6.61 Å². The lowest BCUT2D eigenvalue weighted by Gasteiger charge is -2.32. The van der Waals surface area contributed by atoms with Gasteiger partial charge >= 0.3 is 0 Å². The quantitative estimate of drug-likeness (QED) is 0.795. The first-order valence-corrected chi connectivity index (χ1v) is 7.06. The lowest BCUT2D eigenvalue weighted by molar-refractivity contribution is -0.135. The number of anilines is 1. The van der Waals surface area contributed by atoms with Crippen molar-refractivity contribution in [3.8, 4) is 5.75 Å². The zero-order valence-corrected chi connectivity index (χ0v) is 11.6. The van der Waals surface area contributed by atoms with Crippen LogP contribution in [0.25, 0.3) is 0 Å². The number of hydrogen-bond acceptors (Lipinski definition) is 4. The maximum atomic E-state index is 12.1. The smallest absolute Gasteiger partial charge is 0.260 e. The molecule has 1 unspecified atom stereocenters. The molecule has 2 rings (SSSR count). The van der Waals surface area contributed by atoms with Gasteiger partial charge < -0.3 is 20.5 Å². The first-order chi connectivity index (χ1) is 9.70. The van der Waals surface area contributed by atoms with Crippen LogP contribution < -0.4 is 10.5 Å². The van der Waals surface area contributed by atoms with E-state index in [9.17, 15) is 4.79 Å². The summed E-state index contributed by atoms with van der Waals surface area (Å²) in [6.07, 6.45) is 2.83. The molecule has 110 valence electrons. The number of benzene rings is 1. The van der Waals surface area contributed by atoms with Crippen LogP contribution in [0.2, 0.25) is 0 Å². The van der Waals surface area contributed by atoms with Gasteiger partial charge in [-0.2, -0.15) is 0 Å². The Kier molecular flexibility index (Phi) is 5.24. The molecule has 0 aliphatic carbocycles. The summed E-state index contributed by atoms with van der Waals surface area (Å²) in [7, 11) is 0. The SMILES string of the molecule is Nc1ccccc1OCC(=O)N1CCCC(CCO)C1. The molecule has 0 bridgehead atoms. The number of likely N-dealkylation sites (tertiary alicyclic amines) is 1. The van der Waals surface area contributed by atoms with Crippen molar-refractivity contribution in [2.24, 2.45) is 5.92 Å². The average molecular weight is 278 g/mol. The third kappa shape index (κ3) is 3.87. The average Bonchev–Trinajstić information content (AvgIpc) is 2.47. The van der Waals surface area contributed by atoms with E-state index in [1.165, 1.54) is 0 Å². The molecule has 20 heavy (non-hydrogen) atoms. The van der Waals surface area contributed by atoms with Crippen LogP contribution in [0.1, 0.15) is 19.3 Å². The lowest BCUT2D eigenvalue weighted by atomic mass is 9.95. The van der Waals surface area contributed by atoms with E-state index in [-0.39, 0.29) is 19.1 Å². The highest BCUT2D eigenvalue weighted by atomic mass is 16.5. The standard InChI is InChI=1S/C15H22N2O3/c16-13-5-1-2-6-14(13)20-11-15(19)17-8-3-4-12(10-17)7-9-18/h1-2,5-6,12,18H,3-4,7-11,16H2. The zero-order valence-electron chi connectivity index (χ0n) is 11.6. The molecular weight excluding hydrogens is 256 g/mol. The summed E-state index contributed by atoms with van der Waals surface area (Å²) in [5.41, 5.74) is 6.31. The van der Waals surface area contributed by atoms with Gasteiger partial charge in [-0.1, -0.05) is 12.1 Å². The molecule has 0 spiro atoms. The number of amides is 1. The Hall–Kier alpha value is -1.75. The van der Waals surface area contributed by atoms with E-state index in [0.717, 1.165) is 25.8 Å². The molecule has 1 amide bonds. The number of piperidine rings is 1. The van der Waals surface area contributed by atoms with Crippen molar-refractivity contribution >= 4 is 11.6 Å². The largest absolute Gasteiger partial charge is 0.482 e. The molecule has 5 heteroatoms. The van der Waals surface area contributed by atoms with Crippen LogP contribution in [-0.4, -0.2) is 42.2 Å². The van der Waals surface area contributed by atoms with Gasteiger partial charge in [0.05, 0.1) is 5.69 Å². The van der Waals surface area contributed by atoms with Crippen molar-refractivity contribution in [3.05, 3.63) is 24.3 Å². The highest BCUT2D eigenvalue weighted by molar-refractivity contribution is 5.78. The molecule has 3 N–H and O–H groups in total. The second-order valence-electron chi connectivity index (χ2n) is 5.19. The second-order valence-corrected chi connectivity index (χ2v) is 5.19. The number of nitrogen functional groups attached to an aromatic ring is 1. The van der Waals surface area contributed by atoms with Gasteiger partial charge in [0.2, 0.25) is 0 Å². The fraction of sp³-hybridized carbons (Fsp3) is 0.533. The van der Waals surface area contributed by atoms with Gasteiger partial charge in [0.25, 0.3) is 5.91 Å². The molecule has 5 nitrogen and oxygen atoms in total. The molecule has 1 aromatic rings. The van der Waals surface area contributed by atoms with Gasteiger partial charge in [0.1, 0.15) is 5.75 Å². The van der Waals surface area contributed by atoms with E-state index in [0.29, 0.717) is 23.9 Å². The molecule has 0 aromatic heterocycles. The minimum absolute atomic E-state index is 0.0139. The van der Waals surface area contributed by atoms with E-state index in [1.807, 2.05) is 17.0 Å². The molecular formula is C15H22N2O3. The zero-order chi connectivity index (χ0) is 14.4. The van der Waals surface area contributed by atoms with Gasteiger partial charge in [-0.05, 0) is 37.3 Å². The van der Waals surface area contributed by atoms with E-state index in [2.05, 4.69) is 0 Å². The summed E-state index contributed by atoms with van der Waals surface area (Å²) < 4.78 is 5.48. The number of para-hydroxylation sites is 2. The fourth-order valence-corrected chi connectivity index (χ4v) is 2.55. The Morgan fingerprint density at radius 2 is 2.25 bits per heavy atom. The van der Waals surface area contributed by atoms with Gasteiger partial charge in [-0.15, -0.1) is 0 Å². The van der Waals surface area contributed by atoms with Gasteiger partial charge in [-0.3, -0.25) is 4.79 Å². The van der Waals surface area contributed by atoms with Crippen LogP contribution in [0.3, 0.4) is 0 Å². The Morgan fingerprint density at radius 3 is 3.00 bits per heavy atom. The normalized spacial score (nSPS) is 18.9. The third-order valence-corrected chi connectivity index (χ3v) is 3.68. The highest BCUT2D eigenvalue weighted by Gasteiger charge is 2.23. The number of ether oxygens (including phenoxy) is 1. The van der Waals surface area contributed by atoms with Crippen molar-refractivity contribution < 1.29 is 14.6 Å². The van der Waals surface area contributed by atoms with Crippen molar-refractivity contribution in [2.75, 3.05) is 32.0 Å². The topological polar surface area (TPSA) is 75.8 Å². The van der Waals surface area contributed by atoms with Gasteiger partial charge in [-0.25, -0.2) is 0 Å². The van der Waals surface area contributed by atoms with Crippen molar-refractivity contribution in [3.63, 3.8) is 0 Å². The molecule has 1 aromatic carbocycles. The fourth-order valence-electron chi connectivity index (χ4n) is 2.55. The summed E-state index contributed by atoms with van der Waals surface area (Å²) in [6.45, 7) is 1.69. The van der Waals surface area contributed by atoms with E-state index < -0.39 is 0 Å². The number of carbonyl (C=O) groups excluding carboxylic acids is 1. The molecule has 0 saturated carbocycles. The Morgan fingerprint density at radius 1 is 1.45 bits per heavy atom. The van der Waals surface area contributed by atoms with Crippen LogP contribution in [0.15, 0.2) is 24.3 Å². The van der Waals surface area contributed by atoms with Crippen LogP contribution >= 0.6 is 0 Å². The number of hydrogen-bond donors (Lipinski definition) is 2. The van der Waals surface area contributed by atoms with Crippen LogP contribution in [0, 0.1) is 5.92 Å². The Labute approximate surface area is 119 Å². The summed E-state index contributed by atoms with van der Waals surface area (Å²) in [4.78, 5) is 14.0. The minimum Gasteiger partial charge on any atom is -0.482 e. The van der Waals surface area contributed by atoms with Crippen molar-refractivity contribution in [2.45, 2.75) is 19.3 Å². The molecule has 1 heterocycles. The highest BCUT2D eigenvalue weighted by Crippen LogP contribution is 2.21. The number of aliphatic hydroxyl groups excluding tert-OH is 1. The number of rotatable bonds is 5. The predicted octanol–water partition coefficient (Wildman–Crippen LogP) is 1.27. The van der Waals surface area contributed by atoms with Crippen LogP contribution in [0.5, 0.6) is 5.75 Å². The summed E-state index contributed by atoms with van der Waals surface area (Å²) in [5, 5.41) is 8.98. The summed E-state index contributed by atoms with van der Waals surface area (Å²) in [6, 6.07) is 7.16. The lowest BCUT2D eigenvalue weighted by Crippen LogP contribution is -2.42. The summed E-state index contributed by atoms with van der Waals surface area (Å²) >= 11 is 0. The molecule has 1 fully saturated rings. The van der Waals surface area contributed by atoms with Gasteiger partial charge in [0, 0.05) is 19.7 Å². The first kappa shape index (κ1) is 14.7. The number of nitrogens with zero attached hydrogens (tertiary/aromatic N) is 1. The maximum Gasteiger partial charge on any atom is 0.260 e. The molecule has 1 aliphatic heterocycles. The van der Waals surface area contributed by atoms with Crippen LogP contribution in [0.4, 0.5) is 5.69 Å². The van der Waals surface area contributed by atoms with Crippen molar-refractivity contribution in [1.82, 2.24) is 4.90 Å². The maximum absolute atomic E-state index is 12.1. The number of nitrogens with two attached hydrogens (primary N) is 1. The molecule has 1 saturated heterocycles. The van der Waals surface area contributed by atoms with Crippen LogP contribution in [-0.2, 0) is 4.79 Å². The second kappa shape index (κ2) is 7.14. The van der Waals surface area contributed by atoms with E-state index in [1.54, 1.807) is 12.1 Å². The molecule has 1 atom stereocenters. The monoisotopic (exact) mass is 278 g/mol. The minimum atomic E-state index is -0.0177. The number of aliphatic hydroxyl groups is 1. The predicted molar refractivity (Wildman–Crippen MR) is 77.4 cm³/mol. The number of carbonyl (C=O) groups is 1. The Balaban J connectivity index is 1.84. The Bertz CT molecular complexity index is 448. The van der Waals surface area contributed by atoms with E-state index >= 15 is 0 Å². The summed E-state index contributed by atoms with van der Waals surface area (Å²) in [5.74, 6) is 0.931. The molecule has 1 aliphatic rings. The third-order valence-electron chi connectivity index (χ3n) is 3.68.